The summed E-state index contributed by atoms with van der Waals surface area (Å²) in [7, 11) is -0.101. The average Bonchev–Trinajstić information content (AvgIpc) is 2.33. The third kappa shape index (κ3) is 3.97. The molecule has 0 fully saturated rings. The Kier molecular flexibility index (Phi) is 5.09. The molecule has 9 heteroatoms. The van der Waals surface area contributed by atoms with Crippen molar-refractivity contribution >= 4 is 10.9 Å². The summed E-state index contributed by atoms with van der Waals surface area (Å²) in [5.74, 6) is -0.184. The molecular weight excluding hydrogens is 322 g/mol. The van der Waals surface area contributed by atoms with Gasteiger partial charge in [-0.25, -0.2) is 0 Å². The van der Waals surface area contributed by atoms with E-state index in [0.717, 1.165) is 4.90 Å². The van der Waals surface area contributed by atoms with Gasteiger partial charge in [0.1, 0.15) is 24.9 Å². The molecule has 0 aliphatic heterocycles. The number of benzene rings is 1. The van der Waals surface area contributed by atoms with Gasteiger partial charge in [0.2, 0.25) is 0 Å². The van der Waals surface area contributed by atoms with E-state index in [1.807, 2.05) is 12.5 Å². The Balaban J connectivity index is 2.88. The van der Waals surface area contributed by atoms with Crippen molar-refractivity contribution < 1.29 is 36.2 Å². The topological polar surface area (TPSA) is 29.5 Å². The van der Waals surface area contributed by atoms with Crippen molar-refractivity contribution in [2.45, 2.75) is 22.8 Å². The number of halogens is 6. The third-order valence-electron chi connectivity index (χ3n) is 2.68. The maximum absolute atomic E-state index is 12.4. The van der Waals surface area contributed by atoms with Gasteiger partial charge < -0.3 is 9.84 Å². The molecular formula is C12H13F6O2S+. The van der Waals surface area contributed by atoms with E-state index >= 15 is 0 Å². The summed E-state index contributed by atoms with van der Waals surface area (Å²) in [6.45, 7) is -1.96. The Bertz CT molecular complexity index is 452. The highest BCUT2D eigenvalue weighted by atomic mass is 32.2. The van der Waals surface area contributed by atoms with Crippen molar-refractivity contribution in [3.8, 4) is 5.75 Å². The molecule has 21 heavy (non-hydrogen) atoms. The highest BCUT2D eigenvalue weighted by Crippen LogP contribution is 2.43. The second kappa shape index (κ2) is 5.96. The molecule has 0 bridgehead atoms. The van der Waals surface area contributed by atoms with Crippen LogP contribution in [0, 0.1) is 0 Å². The van der Waals surface area contributed by atoms with Gasteiger partial charge in [-0.3, -0.25) is 0 Å². The minimum atomic E-state index is -5.88. The van der Waals surface area contributed by atoms with Crippen LogP contribution in [-0.4, -0.2) is 42.2 Å². The molecule has 0 aliphatic rings. The summed E-state index contributed by atoms with van der Waals surface area (Å²) in [6.07, 6.45) is -7.96. The maximum Gasteiger partial charge on any atom is 0.429 e. The standard InChI is InChI=1S/C12H13F6O2S/c1-21(2)9-5-3-8(4-6-9)20-7-10(19,11(13,14)15)12(16,17)18/h3-6,19H,7H2,1-2H3/q+1. The lowest BCUT2D eigenvalue weighted by Crippen LogP contribution is -2.60. The molecule has 0 radical (unpaired) electrons. The largest absolute Gasteiger partial charge is 0.490 e. The van der Waals surface area contributed by atoms with Crippen molar-refractivity contribution in [1.29, 1.82) is 0 Å². The van der Waals surface area contributed by atoms with Crippen LogP contribution in [0.25, 0.3) is 0 Å². The third-order valence-corrected chi connectivity index (χ3v) is 3.90. The lowest BCUT2D eigenvalue weighted by Gasteiger charge is -2.31. The van der Waals surface area contributed by atoms with Crippen molar-refractivity contribution in [2.24, 2.45) is 0 Å². The van der Waals surface area contributed by atoms with Crippen LogP contribution in [0.3, 0.4) is 0 Å². The molecule has 0 heterocycles. The first-order chi connectivity index (χ1) is 9.38. The molecule has 2 nitrogen and oxygen atoms in total. The van der Waals surface area contributed by atoms with Crippen LogP contribution in [0.2, 0.25) is 0 Å². The van der Waals surface area contributed by atoms with Crippen LogP contribution in [0.15, 0.2) is 29.2 Å². The van der Waals surface area contributed by atoms with E-state index in [9.17, 15) is 26.3 Å². The van der Waals surface area contributed by atoms with Gasteiger partial charge in [0.25, 0.3) is 5.60 Å². The van der Waals surface area contributed by atoms with Crippen molar-refractivity contribution in [1.82, 2.24) is 0 Å². The number of hydrogen-bond acceptors (Lipinski definition) is 2. The Labute approximate surface area is 120 Å². The zero-order valence-corrected chi connectivity index (χ0v) is 11.9. The zero-order valence-electron chi connectivity index (χ0n) is 11.0. The molecule has 0 saturated heterocycles. The van der Waals surface area contributed by atoms with Crippen molar-refractivity contribution in [2.75, 3.05) is 19.1 Å². The zero-order chi connectivity index (χ0) is 16.5. The molecule has 120 valence electrons. The summed E-state index contributed by atoms with van der Waals surface area (Å²) in [6, 6.07) is 5.60. The van der Waals surface area contributed by atoms with Gasteiger partial charge in [-0.2, -0.15) is 26.3 Å². The van der Waals surface area contributed by atoms with Gasteiger partial charge >= 0.3 is 12.4 Å². The molecule has 1 aromatic rings. The number of alkyl halides is 6. The van der Waals surface area contributed by atoms with E-state index in [2.05, 4.69) is 4.74 Å². The minimum Gasteiger partial charge on any atom is -0.490 e. The molecule has 0 spiro atoms. The SMILES string of the molecule is C[S+](C)c1ccc(OCC(O)(C(F)(F)F)C(F)(F)F)cc1. The fraction of sp³-hybridized carbons (Fsp3) is 0.500. The minimum absolute atomic E-state index is 0.101. The summed E-state index contributed by atoms with van der Waals surface area (Å²) in [4.78, 5) is 0.879. The van der Waals surface area contributed by atoms with Crippen LogP contribution in [-0.2, 0) is 10.9 Å². The van der Waals surface area contributed by atoms with Gasteiger partial charge in [-0.1, -0.05) is 0 Å². The average molecular weight is 335 g/mol. The highest BCUT2D eigenvalue weighted by molar-refractivity contribution is 7.95. The maximum atomic E-state index is 12.4. The molecule has 0 atom stereocenters. The first-order valence-corrected chi connectivity index (χ1v) is 7.59. The highest BCUT2D eigenvalue weighted by Gasteiger charge is 2.71. The quantitative estimate of drug-likeness (QED) is 0.677. The Hall–Kier alpha value is -1.09. The van der Waals surface area contributed by atoms with E-state index < -0.39 is 24.6 Å². The second-order valence-corrected chi connectivity index (χ2v) is 6.54. The number of hydrogen-bond donors (Lipinski definition) is 1. The van der Waals surface area contributed by atoms with Gasteiger partial charge in [-0.15, -0.1) is 0 Å². The summed E-state index contributed by atoms with van der Waals surface area (Å²) < 4.78 is 79.0. The van der Waals surface area contributed by atoms with Gasteiger partial charge in [-0.05, 0) is 24.3 Å². The van der Waals surface area contributed by atoms with Crippen LogP contribution in [0.5, 0.6) is 5.75 Å². The lowest BCUT2D eigenvalue weighted by molar-refractivity contribution is -0.373. The normalized spacial score (nSPS) is 13.6. The molecule has 0 saturated carbocycles. The molecule has 0 aromatic heterocycles. The number of aliphatic hydroxyl groups is 1. The number of ether oxygens (including phenoxy) is 1. The predicted octanol–water partition coefficient (Wildman–Crippen LogP) is 3.16. The van der Waals surface area contributed by atoms with Crippen LogP contribution in [0.4, 0.5) is 26.3 Å². The van der Waals surface area contributed by atoms with Gasteiger partial charge in [0.15, 0.2) is 4.90 Å². The summed E-state index contributed by atoms with van der Waals surface area (Å²) in [5, 5.41) is 8.91. The van der Waals surface area contributed by atoms with Crippen LogP contribution >= 0.6 is 0 Å². The van der Waals surface area contributed by atoms with E-state index in [4.69, 9.17) is 5.11 Å². The first kappa shape index (κ1) is 18.0. The second-order valence-electron chi connectivity index (χ2n) is 4.43. The molecule has 1 rings (SSSR count). The van der Waals surface area contributed by atoms with E-state index in [-0.39, 0.29) is 16.6 Å². The Morgan fingerprint density at radius 3 is 1.71 bits per heavy atom. The molecule has 0 unspecified atom stereocenters. The fourth-order valence-electron chi connectivity index (χ4n) is 1.32. The molecule has 1 N–H and O–H groups in total. The number of rotatable bonds is 4. The van der Waals surface area contributed by atoms with E-state index in [1.165, 1.54) is 12.1 Å². The van der Waals surface area contributed by atoms with Crippen LogP contribution < -0.4 is 4.74 Å². The van der Waals surface area contributed by atoms with E-state index in [0.29, 0.717) is 0 Å². The smallest absolute Gasteiger partial charge is 0.429 e. The predicted molar refractivity (Wildman–Crippen MR) is 66.5 cm³/mol. The Morgan fingerprint density at radius 1 is 0.952 bits per heavy atom. The summed E-state index contributed by atoms with van der Waals surface area (Å²) >= 11 is 0. The monoisotopic (exact) mass is 335 g/mol. The molecule has 0 amide bonds. The van der Waals surface area contributed by atoms with Crippen molar-refractivity contribution in [3.05, 3.63) is 24.3 Å². The Morgan fingerprint density at radius 2 is 1.38 bits per heavy atom. The lowest BCUT2D eigenvalue weighted by atomic mass is 10.0. The molecule has 0 aliphatic carbocycles. The van der Waals surface area contributed by atoms with Crippen LogP contribution in [0.1, 0.15) is 0 Å². The molecule has 1 aromatic carbocycles. The van der Waals surface area contributed by atoms with E-state index in [1.54, 1.807) is 12.1 Å². The van der Waals surface area contributed by atoms with Gasteiger partial charge in [0, 0.05) is 10.9 Å². The fourth-order valence-corrected chi connectivity index (χ4v) is 2.00. The first-order valence-electron chi connectivity index (χ1n) is 5.55. The summed E-state index contributed by atoms with van der Waals surface area (Å²) in [5.41, 5.74) is -4.90. The van der Waals surface area contributed by atoms with Crippen molar-refractivity contribution in [3.63, 3.8) is 0 Å². The van der Waals surface area contributed by atoms with Gasteiger partial charge in [0.05, 0.1) is 0 Å².